The third-order valence-electron chi connectivity index (χ3n) is 6.10. The van der Waals surface area contributed by atoms with Crippen molar-refractivity contribution >= 4 is 6.08 Å². The number of rotatable bonds is 7. The van der Waals surface area contributed by atoms with Gasteiger partial charge in [0.2, 0.25) is 0 Å². The Kier molecular flexibility index (Phi) is 7.18. The molecule has 0 spiro atoms. The molecule has 31 heavy (non-hydrogen) atoms. The van der Waals surface area contributed by atoms with Crippen LogP contribution in [0.3, 0.4) is 0 Å². The summed E-state index contributed by atoms with van der Waals surface area (Å²) in [6.07, 6.45) is 5.72. The van der Waals surface area contributed by atoms with Crippen LogP contribution < -0.4 is 4.74 Å². The van der Waals surface area contributed by atoms with Crippen molar-refractivity contribution in [3.8, 4) is 5.75 Å². The maximum Gasteiger partial charge on any atom is 0.118 e. The number of allylic oxidation sites excluding steroid dienone is 1. The maximum absolute atomic E-state index is 11.0. The molecule has 0 aromatic heterocycles. The molecule has 1 aliphatic heterocycles. The molecule has 1 aliphatic rings. The van der Waals surface area contributed by atoms with E-state index >= 15 is 0 Å². The van der Waals surface area contributed by atoms with Crippen molar-refractivity contribution in [2.75, 3.05) is 13.7 Å². The number of hydrogen-bond acceptors (Lipinski definition) is 3. The van der Waals surface area contributed by atoms with E-state index < -0.39 is 6.10 Å². The van der Waals surface area contributed by atoms with Gasteiger partial charge >= 0.3 is 0 Å². The van der Waals surface area contributed by atoms with E-state index in [2.05, 4.69) is 48.6 Å². The molecule has 160 valence electrons. The van der Waals surface area contributed by atoms with Crippen molar-refractivity contribution < 1.29 is 14.6 Å². The second-order valence-corrected chi connectivity index (χ2v) is 8.19. The van der Waals surface area contributed by atoms with E-state index in [1.807, 2.05) is 48.5 Å². The smallest absolute Gasteiger partial charge is 0.118 e. The summed E-state index contributed by atoms with van der Waals surface area (Å²) in [6, 6.07) is 28.4. The molecule has 1 heterocycles. The molecule has 1 fully saturated rings. The van der Waals surface area contributed by atoms with Gasteiger partial charge in [0.05, 0.1) is 25.9 Å². The van der Waals surface area contributed by atoms with Crippen molar-refractivity contribution in [3.05, 3.63) is 108 Å². The monoisotopic (exact) mass is 414 g/mol. The standard InChI is InChI=1S/C28H30O3/c1-30-26-17-15-21(16-18-26)9-8-14-24-19-25(27(29)22-10-4-2-5-11-22)20-31-28(24)23-12-6-3-7-13-23/h2-13,15-18,24-25,27-29H,14,19-20H2,1H3/b9-8+/t24-,25+,27-,28+/m0/s1. The quantitative estimate of drug-likeness (QED) is 0.498. The van der Waals surface area contributed by atoms with E-state index in [0.29, 0.717) is 12.5 Å². The summed E-state index contributed by atoms with van der Waals surface area (Å²) in [6.45, 7) is 0.564. The Balaban J connectivity index is 1.49. The molecule has 3 aromatic carbocycles. The first kappa shape index (κ1) is 21.4. The minimum Gasteiger partial charge on any atom is -0.497 e. The Labute approximate surface area is 185 Å². The normalized spacial score (nSPS) is 22.3. The molecule has 0 unspecified atom stereocenters. The molecular formula is C28H30O3. The predicted molar refractivity (Wildman–Crippen MR) is 125 cm³/mol. The third-order valence-corrected chi connectivity index (χ3v) is 6.10. The first-order valence-electron chi connectivity index (χ1n) is 10.9. The molecule has 3 heteroatoms. The van der Waals surface area contributed by atoms with Crippen molar-refractivity contribution in [3.63, 3.8) is 0 Å². The van der Waals surface area contributed by atoms with Gasteiger partial charge in [-0.1, -0.05) is 84.9 Å². The van der Waals surface area contributed by atoms with Gasteiger partial charge in [0, 0.05) is 5.92 Å². The summed E-state index contributed by atoms with van der Waals surface area (Å²) >= 11 is 0. The summed E-state index contributed by atoms with van der Waals surface area (Å²) in [5.74, 6) is 1.25. The molecule has 3 nitrogen and oxygen atoms in total. The molecule has 3 aromatic rings. The number of aliphatic hydroxyl groups is 1. The van der Waals surface area contributed by atoms with Crippen LogP contribution in [0.4, 0.5) is 0 Å². The maximum atomic E-state index is 11.0. The van der Waals surface area contributed by atoms with Gasteiger partial charge in [-0.2, -0.15) is 0 Å². The first-order chi connectivity index (χ1) is 15.2. The fourth-order valence-corrected chi connectivity index (χ4v) is 4.41. The van der Waals surface area contributed by atoms with Gasteiger partial charge < -0.3 is 14.6 Å². The molecule has 0 saturated carbocycles. The zero-order valence-corrected chi connectivity index (χ0v) is 17.9. The van der Waals surface area contributed by atoms with Crippen LogP contribution in [0.2, 0.25) is 0 Å². The van der Waals surface area contributed by atoms with E-state index in [1.54, 1.807) is 7.11 Å². The van der Waals surface area contributed by atoms with Crippen LogP contribution in [0.25, 0.3) is 6.08 Å². The highest BCUT2D eigenvalue weighted by Gasteiger charge is 2.35. The van der Waals surface area contributed by atoms with Crippen LogP contribution in [0, 0.1) is 11.8 Å². The molecule has 0 radical (unpaired) electrons. The molecule has 0 bridgehead atoms. The first-order valence-corrected chi connectivity index (χ1v) is 10.9. The van der Waals surface area contributed by atoms with Crippen LogP contribution in [-0.4, -0.2) is 18.8 Å². The van der Waals surface area contributed by atoms with E-state index in [4.69, 9.17) is 9.47 Å². The Morgan fingerprint density at radius 2 is 1.65 bits per heavy atom. The summed E-state index contributed by atoms with van der Waals surface area (Å²) in [4.78, 5) is 0. The van der Waals surface area contributed by atoms with Gasteiger partial charge in [-0.25, -0.2) is 0 Å². The summed E-state index contributed by atoms with van der Waals surface area (Å²) in [7, 11) is 1.68. The average Bonchev–Trinajstić information content (AvgIpc) is 2.85. The lowest BCUT2D eigenvalue weighted by molar-refractivity contribution is -0.0900. The van der Waals surface area contributed by atoms with Gasteiger partial charge in [0.1, 0.15) is 5.75 Å². The lowest BCUT2D eigenvalue weighted by atomic mass is 9.79. The zero-order valence-electron chi connectivity index (χ0n) is 17.9. The van der Waals surface area contributed by atoms with Gasteiger partial charge in [0.15, 0.2) is 0 Å². The third kappa shape index (κ3) is 5.43. The second-order valence-electron chi connectivity index (χ2n) is 8.19. The topological polar surface area (TPSA) is 38.7 Å². The van der Waals surface area contributed by atoms with Crippen molar-refractivity contribution in [2.24, 2.45) is 11.8 Å². The second kappa shape index (κ2) is 10.4. The minimum absolute atomic E-state index is 0.0425. The van der Waals surface area contributed by atoms with Crippen molar-refractivity contribution in [2.45, 2.75) is 25.0 Å². The molecular weight excluding hydrogens is 384 g/mol. The number of ether oxygens (including phenoxy) is 2. The number of aliphatic hydroxyl groups excluding tert-OH is 1. The summed E-state index contributed by atoms with van der Waals surface area (Å²) < 4.78 is 11.6. The van der Waals surface area contributed by atoms with Gasteiger partial charge in [-0.15, -0.1) is 0 Å². The SMILES string of the molecule is COc1ccc(/C=C/C[C@H]2C[C@@H]([C@@H](O)c3ccccc3)CO[C@@H]2c2ccccc2)cc1. The van der Waals surface area contributed by atoms with Crippen molar-refractivity contribution in [1.29, 1.82) is 0 Å². The Morgan fingerprint density at radius 1 is 0.968 bits per heavy atom. The van der Waals surface area contributed by atoms with Gasteiger partial charge in [-0.3, -0.25) is 0 Å². The molecule has 0 aliphatic carbocycles. The Morgan fingerprint density at radius 3 is 2.32 bits per heavy atom. The molecule has 4 atom stereocenters. The predicted octanol–water partition coefficient (Wildman–Crippen LogP) is 6.23. The molecule has 1 N–H and O–H groups in total. The lowest BCUT2D eigenvalue weighted by Crippen LogP contribution is -2.32. The summed E-state index contributed by atoms with van der Waals surface area (Å²) in [5.41, 5.74) is 3.31. The molecule has 1 saturated heterocycles. The fourth-order valence-electron chi connectivity index (χ4n) is 4.41. The highest BCUT2D eigenvalue weighted by Crippen LogP contribution is 2.42. The van der Waals surface area contributed by atoms with E-state index in [0.717, 1.165) is 29.7 Å². The van der Waals surface area contributed by atoms with E-state index in [-0.39, 0.29) is 12.0 Å². The Hall–Kier alpha value is -2.88. The highest BCUT2D eigenvalue weighted by molar-refractivity contribution is 5.50. The van der Waals surface area contributed by atoms with Crippen molar-refractivity contribution in [1.82, 2.24) is 0 Å². The lowest BCUT2D eigenvalue weighted by Gasteiger charge is -2.38. The van der Waals surface area contributed by atoms with Gasteiger partial charge in [-0.05, 0) is 47.6 Å². The van der Waals surface area contributed by atoms with Crippen LogP contribution in [0.1, 0.15) is 41.7 Å². The fraction of sp³-hybridized carbons (Fsp3) is 0.286. The van der Waals surface area contributed by atoms with E-state index in [1.165, 1.54) is 5.56 Å². The van der Waals surface area contributed by atoms with Gasteiger partial charge in [0.25, 0.3) is 0 Å². The highest BCUT2D eigenvalue weighted by atomic mass is 16.5. The molecule has 4 rings (SSSR count). The molecule has 0 amide bonds. The van der Waals surface area contributed by atoms with Crippen LogP contribution in [0.5, 0.6) is 5.75 Å². The number of benzene rings is 3. The van der Waals surface area contributed by atoms with Crippen LogP contribution in [-0.2, 0) is 4.74 Å². The Bertz CT molecular complexity index is 951. The van der Waals surface area contributed by atoms with E-state index in [9.17, 15) is 5.11 Å². The van der Waals surface area contributed by atoms with Crippen LogP contribution in [0.15, 0.2) is 91.0 Å². The number of methoxy groups -OCH3 is 1. The zero-order chi connectivity index (χ0) is 21.5. The van der Waals surface area contributed by atoms with Crippen LogP contribution >= 0.6 is 0 Å². The summed E-state index contributed by atoms with van der Waals surface area (Å²) in [5, 5.41) is 11.0. The average molecular weight is 415 g/mol. The number of hydrogen-bond donors (Lipinski definition) is 1. The minimum atomic E-state index is -0.508. The largest absolute Gasteiger partial charge is 0.497 e.